The van der Waals surface area contributed by atoms with Crippen molar-refractivity contribution in [1.82, 2.24) is 20.4 Å². The first kappa shape index (κ1) is 17.1. The molecule has 0 atom stereocenters. The van der Waals surface area contributed by atoms with E-state index in [1.807, 2.05) is 6.07 Å². The molecule has 0 saturated carbocycles. The highest BCUT2D eigenvalue weighted by Gasteiger charge is 2.10. The quantitative estimate of drug-likeness (QED) is 0.690. The van der Waals surface area contributed by atoms with Crippen LogP contribution in [0.3, 0.4) is 0 Å². The van der Waals surface area contributed by atoms with Crippen molar-refractivity contribution in [2.75, 3.05) is 0 Å². The normalized spacial score (nSPS) is 11.4. The minimum atomic E-state index is -0.315. The molecule has 6 nitrogen and oxygen atoms in total. The van der Waals surface area contributed by atoms with E-state index in [1.165, 1.54) is 12.1 Å². The highest BCUT2D eigenvalue weighted by Crippen LogP contribution is 2.14. The van der Waals surface area contributed by atoms with Gasteiger partial charge in [-0.1, -0.05) is 19.0 Å². The molecular weight excluding hydrogens is 323 g/mol. The molecule has 1 amide bonds. The molecule has 132 valence electrons. The van der Waals surface area contributed by atoms with Crippen LogP contribution < -0.4 is 5.32 Å². The Kier molecular flexibility index (Phi) is 5.11. The molecule has 0 saturated heterocycles. The molecule has 0 aliphatic heterocycles. The molecule has 25 heavy (non-hydrogen) atoms. The van der Waals surface area contributed by atoms with Crippen molar-refractivity contribution in [2.24, 2.45) is 5.92 Å². The molecule has 2 aromatic heterocycles. The van der Waals surface area contributed by atoms with Crippen molar-refractivity contribution in [3.05, 3.63) is 47.4 Å². The number of halogens is 1. The van der Waals surface area contributed by atoms with Gasteiger partial charge in [0, 0.05) is 18.9 Å². The summed E-state index contributed by atoms with van der Waals surface area (Å²) in [5.74, 6) is 1.39. The van der Waals surface area contributed by atoms with E-state index in [1.54, 1.807) is 6.07 Å². The molecule has 0 unspecified atom stereocenters. The maximum absolute atomic E-state index is 13.2. The predicted octanol–water partition coefficient (Wildman–Crippen LogP) is 3.14. The molecule has 0 fully saturated rings. The standard InChI is InChI=1S/C18H21FN4O2/c1-11(2)7-13-9-14(25-23-13)10-20-18(24)6-5-17-21-15-4-3-12(19)8-16(15)22-17/h3-4,8-9,11H,5-7,10H2,1-2H3,(H,20,24)(H,21,22). The van der Waals surface area contributed by atoms with E-state index in [0.29, 0.717) is 41.5 Å². The lowest BCUT2D eigenvalue weighted by Gasteiger charge is -2.01. The van der Waals surface area contributed by atoms with Crippen LogP contribution in [-0.4, -0.2) is 21.0 Å². The summed E-state index contributed by atoms with van der Waals surface area (Å²) in [6, 6.07) is 6.24. The maximum Gasteiger partial charge on any atom is 0.220 e. The van der Waals surface area contributed by atoms with Crippen LogP contribution in [0.2, 0.25) is 0 Å². The van der Waals surface area contributed by atoms with Crippen LogP contribution in [0.25, 0.3) is 11.0 Å². The number of rotatable bonds is 7. The zero-order chi connectivity index (χ0) is 17.8. The number of carbonyl (C=O) groups is 1. The number of nitrogens with zero attached hydrogens (tertiary/aromatic N) is 2. The first-order valence-electron chi connectivity index (χ1n) is 8.35. The molecule has 2 heterocycles. The van der Waals surface area contributed by atoms with E-state index in [-0.39, 0.29) is 18.1 Å². The van der Waals surface area contributed by atoms with Crippen molar-refractivity contribution in [3.8, 4) is 0 Å². The third kappa shape index (κ3) is 4.65. The second-order valence-corrected chi connectivity index (χ2v) is 6.50. The van der Waals surface area contributed by atoms with Crippen LogP contribution in [0.5, 0.6) is 0 Å². The second kappa shape index (κ2) is 7.46. The number of H-pyrrole nitrogens is 1. The van der Waals surface area contributed by atoms with Crippen LogP contribution >= 0.6 is 0 Å². The summed E-state index contributed by atoms with van der Waals surface area (Å²) in [6.45, 7) is 4.54. The molecule has 0 spiro atoms. The number of aromatic nitrogens is 3. The average molecular weight is 344 g/mol. The molecule has 1 aromatic carbocycles. The molecule has 0 radical (unpaired) electrons. The van der Waals surface area contributed by atoms with Gasteiger partial charge in [-0.3, -0.25) is 4.79 Å². The smallest absolute Gasteiger partial charge is 0.220 e. The maximum atomic E-state index is 13.2. The fourth-order valence-electron chi connectivity index (χ4n) is 2.61. The van der Waals surface area contributed by atoms with Crippen LogP contribution in [-0.2, 0) is 24.2 Å². The number of nitrogens with one attached hydrogen (secondary N) is 2. The van der Waals surface area contributed by atoms with Gasteiger partial charge in [0.25, 0.3) is 0 Å². The Morgan fingerprint density at radius 2 is 2.20 bits per heavy atom. The van der Waals surface area contributed by atoms with Gasteiger partial charge in [-0.2, -0.15) is 0 Å². The number of hydrogen-bond donors (Lipinski definition) is 2. The first-order chi connectivity index (χ1) is 12.0. The van der Waals surface area contributed by atoms with Gasteiger partial charge in [0.05, 0.1) is 23.3 Å². The summed E-state index contributed by atoms with van der Waals surface area (Å²) in [7, 11) is 0. The highest BCUT2D eigenvalue weighted by molar-refractivity contribution is 5.77. The van der Waals surface area contributed by atoms with Gasteiger partial charge in [0.2, 0.25) is 5.91 Å². The number of benzene rings is 1. The molecule has 0 aliphatic rings. The number of aryl methyl sites for hydroxylation is 1. The lowest BCUT2D eigenvalue weighted by molar-refractivity contribution is -0.121. The van der Waals surface area contributed by atoms with E-state index in [9.17, 15) is 9.18 Å². The van der Waals surface area contributed by atoms with Crippen LogP contribution in [0.15, 0.2) is 28.8 Å². The monoisotopic (exact) mass is 344 g/mol. The molecule has 0 aliphatic carbocycles. The number of amides is 1. The van der Waals surface area contributed by atoms with Crippen molar-refractivity contribution in [2.45, 2.75) is 39.7 Å². The Bertz CT molecular complexity index is 869. The SMILES string of the molecule is CC(C)Cc1cc(CNC(=O)CCc2nc3ccc(F)cc3[nH]2)on1. The number of imidazole rings is 1. The number of carbonyl (C=O) groups excluding carboxylic acids is 1. The highest BCUT2D eigenvalue weighted by atomic mass is 19.1. The lowest BCUT2D eigenvalue weighted by Crippen LogP contribution is -2.22. The van der Waals surface area contributed by atoms with E-state index in [2.05, 4.69) is 34.3 Å². The fraction of sp³-hybridized carbons (Fsp3) is 0.389. The molecule has 2 N–H and O–H groups in total. The first-order valence-corrected chi connectivity index (χ1v) is 8.35. The predicted molar refractivity (Wildman–Crippen MR) is 91.3 cm³/mol. The van der Waals surface area contributed by atoms with Crippen molar-refractivity contribution < 1.29 is 13.7 Å². The van der Waals surface area contributed by atoms with Crippen LogP contribution in [0.4, 0.5) is 4.39 Å². The van der Waals surface area contributed by atoms with Gasteiger partial charge in [-0.25, -0.2) is 9.37 Å². The van der Waals surface area contributed by atoms with Crippen LogP contribution in [0.1, 0.15) is 37.5 Å². The van der Waals surface area contributed by atoms with E-state index >= 15 is 0 Å². The summed E-state index contributed by atoms with van der Waals surface area (Å²) in [5.41, 5.74) is 2.22. The van der Waals surface area contributed by atoms with Crippen molar-refractivity contribution >= 4 is 16.9 Å². The van der Waals surface area contributed by atoms with Crippen LogP contribution in [0, 0.1) is 11.7 Å². The second-order valence-electron chi connectivity index (χ2n) is 6.50. The summed E-state index contributed by atoms with van der Waals surface area (Å²) < 4.78 is 18.4. The Morgan fingerprint density at radius 1 is 1.36 bits per heavy atom. The van der Waals surface area contributed by atoms with E-state index in [4.69, 9.17) is 4.52 Å². The number of aromatic amines is 1. The van der Waals surface area contributed by atoms with Gasteiger partial charge in [0.1, 0.15) is 11.6 Å². The Labute approximate surface area is 144 Å². The Morgan fingerprint density at radius 3 is 3.00 bits per heavy atom. The third-order valence-corrected chi connectivity index (χ3v) is 3.77. The summed E-state index contributed by atoms with van der Waals surface area (Å²) in [5, 5.41) is 6.79. The minimum Gasteiger partial charge on any atom is -0.359 e. The number of fused-ring (bicyclic) bond motifs is 1. The Hall–Kier alpha value is -2.70. The van der Waals surface area contributed by atoms with Gasteiger partial charge in [0.15, 0.2) is 5.76 Å². The van der Waals surface area contributed by atoms with E-state index < -0.39 is 0 Å². The molecular formula is C18H21FN4O2. The summed E-state index contributed by atoms with van der Waals surface area (Å²) >= 11 is 0. The topological polar surface area (TPSA) is 83.8 Å². The summed E-state index contributed by atoms with van der Waals surface area (Å²) in [6.07, 6.45) is 1.59. The van der Waals surface area contributed by atoms with Gasteiger partial charge < -0.3 is 14.8 Å². The van der Waals surface area contributed by atoms with Gasteiger partial charge >= 0.3 is 0 Å². The van der Waals surface area contributed by atoms with Gasteiger partial charge in [-0.05, 0) is 30.5 Å². The Balaban J connectivity index is 1.48. The van der Waals surface area contributed by atoms with Crippen molar-refractivity contribution in [1.29, 1.82) is 0 Å². The molecule has 3 aromatic rings. The third-order valence-electron chi connectivity index (χ3n) is 3.77. The average Bonchev–Trinajstić information content (AvgIpc) is 3.16. The molecule has 3 rings (SSSR count). The summed E-state index contributed by atoms with van der Waals surface area (Å²) in [4.78, 5) is 19.3. The fourth-order valence-corrected chi connectivity index (χ4v) is 2.61. The zero-order valence-corrected chi connectivity index (χ0v) is 14.3. The minimum absolute atomic E-state index is 0.103. The lowest BCUT2D eigenvalue weighted by atomic mass is 10.1. The molecule has 0 bridgehead atoms. The zero-order valence-electron chi connectivity index (χ0n) is 14.3. The molecule has 7 heteroatoms. The largest absolute Gasteiger partial charge is 0.359 e. The number of hydrogen-bond acceptors (Lipinski definition) is 4. The van der Waals surface area contributed by atoms with E-state index in [0.717, 1.165) is 12.1 Å². The van der Waals surface area contributed by atoms with Crippen molar-refractivity contribution in [3.63, 3.8) is 0 Å². The van der Waals surface area contributed by atoms with Gasteiger partial charge in [-0.15, -0.1) is 0 Å².